The number of ketones is 1. The lowest BCUT2D eigenvalue weighted by Crippen LogP contribution is -2.18. The van der Waals surface area contributed by atoms with Gasteiger partial charge in [0.15, 0.2) is 11.5 Å². The van der Waals surface area contributed by atoms with E-state index in [9.17, 15) is 18.0 Å². The number of hydrogen-bond acceptors (Lipinski definition) is 3. The summed E-state index contributed by atoms with van der Waals surface area (Å²) in [6.45, 7) is 1.81. The Kier molecular flexibility index (Phi) is 5.65. The van der Waals surface area contributed by atoms with Gasteiger partial charge in [0.2, 0.25) is 0 Å². The molecular formula is C12H12BrF3O3. The first-order chi connectivity index (χ1) is 8.87. The number of halogens is 4. The van der Waals surface area contributed by atoms with E-state index in [1.54, 1.807) is 6.92 Å². The second-order valence-corrected chi connectivity index (χ2v) is 4.14. The molecule has 1 rings (SSSR count). The van der Waals surface area contributed by atoms with Gasteiger partial charge in [-0.1, -0.05) is 28.1 Å². The molecule has 3 nitrogen and oxygen atoms in total. The number of para-hydroxylation sites is 1. The van der Waals surface area contributed by atoms with E-state index in [-0.39, 0.29) is 29.9 Å². The quantitative estimate of drug-likeness (QED) is 0.743. The summed E-state index contributed by atoms with van der Waals surface area (Å²) in [5.41, 5.74) is 0.369. The van der Waals surface area contributed by atoms with E-state index in [2.05, 4.69) is 20.7 Å². The molecule has 0 fully saturated rings. The Bertz CT molecular complexity index is 446. The molecule has 0 aliphatic carbocycles. The molecule has 0 heterocycles. The van der Waals surface area contributed by atoms with Crippen molar-refractivity contribution in [3.63, 3.8) is 0 Å². The first-order valence-corrected chi connectivity index (χ1v) is 6.57. The first kappa shape index (κ1) is 15.8. The largest absolute Gasteiger partial charge is 0.573 e. The van der Waals surface area contributed by atoms with E-state index in [4.69, 9.17) is 4.74 Å². The second-order valence-electron chi connectivity index (χ2n) is 3.57. The van der Waals surface area contributed by atoms with Crippen LogP contribution >= 0.6 is 15.9 Å². The molecule has 0 saturated carbocycles. The molecule has 0 aliphatic rings. The van der Waals surface area contributed by atoms with Crippen molar-refractivity contribution in [3.8, 4) is 11.5 Å². The molecule has 1 aromatic carbocycles. The van der Waals surface area contributed by atoms with Crippen LogP contribution in [0.2, 0.25) is 0 Å². The summed E-state index contributed by atoms with van der Waals surface area (Å²) in [5, 5.41) is 0.128. The molecule has 7 heteroatoms. The van der Waals surface area contributed by atoms with Gasteiger partial charge in [0, 0.05) is 12.0 Å². The second kappa shape index (κ2) is 6.79. The van der Waals surface area contributed by atoms with E-state index in [1.807, 2.05) is 0 Å². The maximum atomic E-state index is 12.3. The summed E-state index contributed by atoms with van der Waals surface area (Å²) in [6, 6.07) is 4.08. The molecule has 0 saturated heterocycles. The highest BCUT2D eigenvalue weighted by molar-refractivity contribution is 9.09. The van der Waals surface area contributed by atoms with Crippen molar-refractivity contribution in [2.75, 3.05) is 11.9 Å². The Labute approximate surface area is 116 Å². The third-order valence-corrected chi connectivity index (χ3v) is 2.74. The minimum absolute atomic E-state index is 0.0182. The monoisotopic (exact) mass is 340 g/mol. The van der Waals surface area contributed by atoms with Crippen molar-refractivity contribution >= 4 is 21.7 Å². The third-order valence-electron chi connectivity index (χ3n) is 2.11. The molecule has 0 atom stereocenters. The van der Waals surface area contributed by atoms with Crippen molar-refractivity contribution < 1.29 is 27.4 Å². The zero-order valence-corrected chi connectivity index (χ0v) is 11.7. The van der Waals surface area contributed by atoms with Gasteiger partial charge in [-0.15, -0.1) is 13.2 Å². The van der Waals surface area contributed by atoms with E-state index < -0.39 is 12.1 Å². The molecular weight excluding hydrogens is 329 g/mol. The van der Waals surface area contributed by atoms with Crippen LogP contribution in [0.15, 0.2) is 18.2 Å². The van der Waals surface area contributed by atoms with Crippen molar-refractivity contribution in [2.24, 2.45) is 0 Å². The Hall–Kier alpha value is -1.24. The average molecular weight is 341 g/mol. The van der Waals surface area contributed by atoms with Gasteiger partial charge in [0.05, 0.1) is 11.9 Å². The van der Waals surface area contributed by atoms with E-state index in [0.29, 0.717) is 5.56 Å². The summed E-state index contributed by atoms with van der Waals surface area (Å²) in [4.78, 5) is 11.4. The fraction of sp³-hybridized carbons (Fsp3) is 0.417. The lowest BCUT2D eigenvalue weighted by Gasteiger charge is -2.16. The van der Waals surface area contributed by atoms with E-state index in [1.165, 1.54) is 12.1 Å². The summed E-state index contributed by atoms with van der Waals surface area (Å²) in [5.74, 6) is -0.643. The van der Waals surface area contributed by atoms with Crippen LogP contribution < -0.4 is 9.47 Å². The average Bonchev–Trinajstić information content (AvgIpc) is 2.31. The summed E-state index contributed by atoms with van der Waals surface area (Å²) >= 11 is 3.00. The number of carbonyl (C=O) groups is 1. The number of alkyl halides is 4. The van der Waals surface area contributed by atoms with Crippen LogP contribution in [0.3, 0.4) is 0 Å². The predicted octanol–water partition coefficient (Wildman–Crippen LogP) is 3.49. The van der Waals surface area contributed by atoms with Gasteiger partial charge < -0.3 is 9.47 Å². The summed E-state index contributed by atoms with van der Waals surface area (Å²) < 4.78 is 45.9. The van der Waals surface area contributed by atoms with Crippen LogP contribution in [0.4, 0.5) is 13.2 Å². The molecule has 0 N–H and O–H groups in total. The Morgan fingerprint density at radius 1 is 1.37 bits per heavy atom. The Morgan fingerprint density at radius 2 is 2.05 bits per heavy atom. The number of Topliss-reactive ketones (excluding diaryl/α,β-unsaturated/α-hetero) is 1. The van der Waals surface area contributed by atoms with Crippen LogP contribution in [0, 0.1) is 0 Å². The van der Waals surface area contributed by atoms with Crippen molar-refractivity contribution in [3.05, 3.63) is 23.8 Å². The smallest absolute Gasteiger partial charge is 0.490 e. The van der Waals surface area contributed by atoms with Crippen LogP contribution in [-0.2, 0) is 11.2 Å². The third kappa shape index (κ3) is 5.10. The standard InChI is InChI=1S/C12H12BrF3O3/c1-2-18-11-8(6-9(17)7-13)4-3-5-10(11)19-12(14,15)16/h3-5H,2,6-7H2,1H3. The molecule has 0 spiro atoms. The van der Waals surface area contributed by atoms with Gasteiger partial charge >= 0.3 is 6.36 Å². The SMILES string of the molecule is CCOc1c(CC(=O)CBr)cccc1OC(F)(F)F. The maximum Gasteiger partial charge on any atom is 0.573 e. The van der Waals surface area contributed by atoms with Crippen molar-refractivity contribution in [2.45, 2.75) is 19.7 Å². The highest BCUT2D eigenvalue weighted by atomic mass is 79.9. The van der Waals surface area contributed by atoms with Gasteiger partial charge in [-0.05, 0) is 13.0 Å². The first-order valence-electron chi connectivity index (χ1n) is 5.45. The Morgan fingerprint density at radius 3 is 2.58 bits per heavy atom. The molecule has 1 aromatic rings. The van der Waals surface area contributed by atoms with Crippen LogP contribution in [-0.4, -0.2) is 24.1 Å². The predicted molar refractivity (Wildman–Crippen MR) is 66.8 cm³/mol. The molecule has 0 aliphatic heterocycles. The number of carbonyl (C=O) groups excluding carboxylic acids is 1. The molecule has 0 bridgehead atoms. The van der Waals surface area contributed by atoms with Crippen LogP contribution in [0.1, 0.15) is 12.5 Å². The molecule has 0 aromatic heterocycles. The van der Waals surface area contributed by atoms with E-state index >= 15 is 0 Å². The number of ether oxygens (including phenoxy) is 2. The molecule has 0 amide bonds. The molecule has 0 radical (unpaired) electrons. The highest BCUT2D eigenvalue weighted by Crippen LogP contribution is 2.35. The van der Waals surface area contributed by atoms with Crippen LogP contribution in [0.5, 0.6) is 11.5 Å². The Balaban J connectivity index is 3.09. The minimum Gasteiger partial charge on any atom is -0.490 e. The summed E-state index contributed by atoms with van der Waals surface area (Å²) in [6.07, 6.45) is -4.82. The number of benzene rings is 1. The maximum absolute atomic E-state index is 12.3. The fourth-order valence-corrected chi connectivity index (χ4v) is 1.67. The van der Waals surface area contributed by atoms with Gasteiger partial charge in [-0.25, -0.2) is 0 Å². The fourth-order valence-electron chi connectivity index (χ4n) is 1.47. The lowest BCUT2D eigenvalue weighted by atomic mass is 10.1. The van der Waals surface area contributed by atoms with E-state index in [0.717, 1.165) is 6.07 Å². The van der Waals surface area contributed by atoms with Gasteiger partial charge in [0.1, 0.15) is 5.78 Å². The summed E-state index contributed by atoms with van der Waals surface area (Å²) in [7, 11) is 0. The van der Waals surface area contributed by atoms with Gasteiger partial charge in [-0.3, -0.25) is 4.79 Å². The highest BCUT2D eigenvalue weighted by Gasteiger charge is 2.33. The number of rotatable bonds is 6. The number of hydrogen-bond donors (Lipinski definition) is 0. The molecule has 19 heavy (non-hydrogen) atoms. The van der Waals surface area contributed by atoms with Gasteiger partial charge in [0.25, 0.3) is 0 Å². The topological polar surface area (TPSA) is 35.5 Å². The van der Waals surface area contributed by atoms with Crippen LogP contribution in [0.25, 0.3) is 0 Å². The lowest BCUT2D eigenvalue weighted by molar-refractivity contribution is -0.275. The van der Waals surface area contributed by atoms with Crippen molar-refractivity contribution in [1.29, 1.82) is 0 Å². The minimum atomic E-state index is -4.80. The van der Waals surface area contributed by atoms with Gasteiger partial charge in [-0.2, -0.15) is 0 Å². The zero-order chi connectivity index (χ0) is 14.5. The molecule has 0 unspecified atom stereocenters. The van der Waals surface area contributed by atoms with Crippen molar-refractivity contribution in [1.82, 2.24) is 0 Å². The molecule has 106 valence electrons. The zero-order valence-electron chi connectivity index (χ0n) is 10.1. The normalized spacial score (nSPS) is 11.2.